The van der Waals surface area contributed by atoms with Gasteiger partial charge in [-0.25, -0.2) is 0 Å². The Morgan fingerprint density at radius 1 is 1.35 bits per heavy atom. The lowest BCUT2D eigenvalue weighted by molar-refractivity contribution is 0.394. The lowest BCUT2D eigenvalue weighted by atomic mass is 10.1. The zero-order valence-electron chi connectivity index (χ0n) is 9.98. The molecule has 0 aliphatic heterocycles. The van der Waals surface area contributed by atoms with E-state index in [2.05, 4.69) is 22.7 Å². The molecule has 1 aromatic carbocycles. The van der Waals surface area contributed by atoms with Gasteiger partial charge in [0.1, 0.15) is 11.5 Å². The van der Waals surface area contributed by atoms with Gasteiger partial charge in [-0.1, -0.05) is 0 Å². The monoisotopic (exact) mass is 253 g/mol. The van der Waals surface area contributed by atoms with Gasteiger partial charge in [-0.2, -0.15) is 5.10 Å². The number of rotatable bonds is 4. The van der Waals surface area contributed by atoms with Crippen LogP contribution in [0.15, 0.2) is 23.3 Å². The number of nitrogens with zero attached hydrogens (tertiary/aromatic N) is 1. The van der Waals surface area contributed by atoms with Crippen LogP contribution in [0, 0.1) is 0 Å². The van der Waals surface area contributed by atoms with E-state index in [0.29, 0.717) is 5.75 Å². The number of nitrogens with two attached hydrogens (primary N) is 1. The zero-order valence-corrected chi connectivity index (χ0v) is 10.8. The van der Waals surface area contributed by atoms with E-state index in [1.165, 1.54) is 0 Å². The van der Waals surface area contributed by atoms with Crippen molar-refractivity contribution in [2.75, 3.05) is 14.2 Å². The Morgan fingerprint density at radius 2 is 2.06 bits per heavy atom. The van der Waals surface area contributed by atoms with Gasteiger partial charge in [-0.3, -0.25) is 5.43 Å². The van der Waals surface area contributed by atoms with Gasteiger partial charge in [0.15, 0.2) is 5.11 Å². The second-order valence-electron chi connectivity index (χ2n) is 3.24. The van der Waals surface area contributed by atoms with E-state index in [1.54, 1.807) is 20.3 Å². The van der Waals surface area contributed by atoms with Crippen LogP contribution in [0.1, 0.15) is 12.5 Å². The second kappa shape index (κ2) is 6.05. The first-order valence-corrected chi connectivity index (χ1v) is 5.31. The van der Waals surface area contributed by atoms with E-state index >= 15 is 0 Å². The fourth-order valence-electron chi connectivity index (χ4n) is 1.30. The molecule has 0 aliphatic rings. The molecular weight excluding hydrogens is 238 g/mol. The molecule has 0 saturated heterocycles. The van der Waals surface area contributed by atoms with E-state index in [9.17, 15) is 0 Å². The largest absolute Gasteiger partial charge is 0.497 e. The maximum Gasteiger partial charge on any atom is 0.184 e. The van der Waals surface area contributed by atoms with Crippen LogP contribution < -0.4 is 20.6 Å². The van der Waals surface area contributed by atoms with Gasteiger partial charge in [-0.15, -0.1) is 0 Å². The van der Waals surface area contributed by atoms with Gasteiger partial charge in [0.05, 0.1) is 19.9 Å². The third-order valence-electron chi connectivity index (χ3n) is 2.13. The van der Waals surface area contributed by atoms with Gasteiger partial charge >= 0.3 is 0 Å². The lowest BCUT2D eigenvalue weighted by Crippen LogP contribution is -2.25. The number of nitrogens with one attached hydrogen (secondary N) is 1. The predicted octanol–water partition coefficient (Wildman–Crippen LogP) is 1.26. The van der Waals surface area contributed by atoms with Crippen molar-refractivity contribution in [2.24, 2.45) is 10.8 Å². The molecule has 0 aromatic heterocycles. The normalized spacial score (nSPS) is 10.9. The van der Waals surface area contributed by atoms with Gasteiger partial charge in [0, 0.05) is 11.6 Å². The number of methoxy groups -OCH3 is 2. The van der Waals surface area contributed by atoms with Crippen LogP contribution in [0.2, 0.25) is 0 Å². The van der Waals surface area contributed by atoms with Gasteiger partial charge < -0.3 is 15.2 Å². The van der Waals surface area contributed by atoms with Gasteiger partial charge in [0.25, 0.3) is 0 Å². The highest BCUT2D eigenvalue weighted by Gasteiger charge is 2.07. The zero-order chi connectivity index (χ0) is 12.8. The van der Waals surface area contributed by atoms with Gasteiger partial charge in [-0.05, 0) is 31.3 Å². The Balaban J connectivity index is 3.04. The van der Waals surface area contributed by atoms with E-state index in [4.69, 9.17) is 15.2 Å². The number of hydrazone groups is 1. The maximum absolute atomic E-state index is 5.30. The summed E-state index contributed by atoms with van der Waals surface area (Å²) in [6.07, 6.45) is 0. The molecule has 0 spiro atoms. The average Bonchev–Trinajstić information content (AvgIpc) is 2.34. The standard InChI is InChI=1S/C11H15N3O2S/c1-7(13-14-11(12)17)9-5-4-8(15-2)6-10(9)16-3/h4-6H,1-3H3,(H3,12,14,17)/b13-7+. The number of hydrogen-bond donors (Lipinski definition) is 2. The van der Waals surface area contributed by atoms with Crippen molar-refractivity contribution in [3.05, 3.63) is 23.8 Å². The molecule has 0 fully saturated rings. The van der Waals surface area contributed by atoms with Gasteiger partial charge in [0.2, 0.25) is 0 Å². The first-order chi connectivity index (χ1) is 8.08. The highest BCUT2D eigenvalue weighted by molar-refractivity contribution is 7.80. The lowest BCUT2D eigenvalue weighted by Gasteiger charge is -2.10. The minimum Gasteiger partial charge on any atom is -0.497 e. The molecule has 0 unspecified atom stereocenters. The fourth-order valence-corrected chi connectivity index (χ4v) is 1.34. The Labute approximate surface area is 106 Å². The SMILES string of the molecule is COc1ccc(/C(C)=N/NC(N)=S)c(OC)c1. The molecule has 0 amide bonds. The Morgan fingerprint density at radius 3 is 2.59 bits per heavy atom. The fraction of sp³-hybridized carbons (Fsp3) is 0.273. The summed E-state index contributed by atoms with van der Waals surface area (Å²) in [7, 11) is 3.19. The number of hydrogen-bond acceptors (Lipinski definition) is 4. The van der Waals surface area contributed by atoms with Crippen molar-refractivity contribution in [3.8, 4) is 11.5 Å². The molecule has 0 bridgehead atoms. The Bertz CT molecular complexity index is 446. The Hall–Kier alpha value is -1.82. The molecule has 3 N–H and O–H groups in total. The highest BCUT2D eigenvalue weighted by Crippen LogP contribution is 2.24. The smallest absolute Gasteiger partial charge is 0.184 e. The van der Waals surface area contributed by atoms with Crippen molar-refractivity contribution in [2.45, 2.75) is 6.92 Å². The summed E-state index contributed by atoms with van der Waals surface area (Å²) in [5.41, 5.74) is 9.40. The maximum atomic E-state index is 5.30. The molecule has 0 saturated carbocycles. The van der Waals surface area contributed by atoms with Crippen LogP contribution in [0.25, 0.3) is 0 Å². The summed E-state index contributed by atoms with van der Waals surface area (Å²) in [6.45, 7) is 1.83. The third kappa shape index (κ3) is 3.60. The predicted molar refractivity (Wildman–Crippen MR) is 71.7 cm³/mol. The summed E-state index contributed by atoms with van der Waals surface area (Å²) in [5, 5.41) is 4.16. The van der Waals surface area contributed by atoms with E-state index in [0.717, 1.165) is 17.0 Å². The van der Waals surface area contributed by atoms with E-state index < -0.39 is 0 Å². The topological polar surface area (TPSA) is 68.9 Å². The summed E-state index contributed by atoms with van der Waals surface area (Å²) in [6, 6.07) is 5.48. The molecule has 0 radical (unpaired) electrons. The minimum absolute atomic E-state index is 0.122. The molecule has 0 atom stereocenters. The molecule has 0 heterocycles. The summed E-state index contributed by atoms with van der Waals surface area (Å²) in [5.74, 6) is 1.40. The van der Waals surface area contributed by atoms with Crippen LogP contribution in [0.3, 0.4) is 0 Å². The summed E-state index contributed by atoms with van der Waals surface area (Å²) in [4.78, 5) is 0. The first kappa shape index (κ1) is 13.2. The summed E-state index contributed by atoms with van der Waals surface area (Å²) >= 11 is 4.67. The quantitative estimate of drug-likeness (QED) is 0.480. The van der Waals surface area contributed by atoms with Crippen molar-refractivity contribution in [1.82, 2.24) is 5.43 Å². The van der Waals surface area contributed by atoms with E-state index in [1.807, 2.05) is 19.1 Å². The first-order valence-electron chi connectivity index (χ1n) is 4.90. The molecule has 0 aliphatic carbocycles. The molecule has 92 valence electrons. The van der Waals surface area contributed by atoms with Crippen molar-refractivity contribution >= 4 is 23.0 Å². The molecule has 17 heavy (non-hydrogen) atoms. The average molecular weight is 253 g/mol. The van der Waals surface area contributed by atoms with Crippen molar-refractivity contribution < 1.29 is 9.47 Å². The Kier molecular flexibility index (Phi) is 4.71. The molecule has 5 nitrogen and oxygen atoms in total. The molecule has 1 rings (SSSR count). The van der Waals surface area contributed by atoms with Crippen LogP contribution in [-0.2, 0) is 0 Å². The number of ether oxygens (including phenoxy) is 2. The minimum atomic E-state index is 0.122. The number of thiocarbonyl (C=S) groups is 1. The van der Waals surface area contributed by atoms with Crippen LogP contribution >= 0.6 is 12.2 Å². The third-order valence-corrected chi connectivity index (χ3v) is 2.22. The number of benzene rings is 1. The van der Waals surface area contributed by atoms with Crippen molar-refractivity contribution in [1.29, 1.82) is 0 Å². The molecule has 1 aromatic rings. The summed E-state index contributed by atoms with van der Waals surface area (Å²) < 4.78 is 10.4. The van der Waals surface area contributed by atoms with E-state index in [-0.39, 0.29) is 5.11 Å². The van der Waals surface area contributed by atoms with Crippen molar-refractivity contribution in [3.63, 3.8) is 0 Å². The molecular formula is C11H15N3O2S. The van der Waals surface area contributed by atoms with Crippen LogP contribution in [0.5, 0.6) is 11.5 Å². The molecule has 6 heteroatoms. The highest BCUT2D eigenvalue weighted by atomic mass is 32.1. The second-order valence-corrected chi connectivity index (χ2v) is 3.68. The van der Waals surface area contributed by atoms with Crippen LogP contribution in [-0.4, -0.2) is 25.0 Å². The van der Waals surface area contributed by atoms with Crippen LogP contribution in [0.4, 0.5) is 0 Å².